The lowest BCUT2D eigenvalue weighted by atomic mass is 9.71. The third-order valence-electron chi connectivity index (χ3n) is 4.07. The van der Waals surface area contributed by atoms with Crippen LogP contribution in [0.5, 0.6) is 11.5 Å². The van der Waals surface area contributed by atoms with Gasteiger partial charge in [-0.1, -0.05) is 12.8 Å². The summed E-state index contributed by atoms with van der Waals surface area (Å²) in [7, 11) is 1.44. The summed E-state index contributed by atoms with van der Waals surface area (Å²) in [6.45, 7) is -5.91. The van der Waals surface area contributed by atoms with Crippen LogP contribution in [0, 0.1) is 5.92 Å². The summed E-state index contributed by atoms with van der Waals surface area (Å²) < 4.78 is 50.5. The zero-order valence-corrected chi connectivity index (χ0v) is 11.6. The van der Waals surface area contributed by atoms with E-state index < -0.39 is 25.5 Å². The van der Waals surface area contributed by atoms with Crippen molar-refractivity contribution in [2.45, 2.75) is 31.3 Å². The van der Waals surface area contributed by atoms with E-state index in [0.717, 1.165) is 6.42 Å². The Labute approximate surface area is 129 Å². The van der Waals surface area contributed by atoms with Gasteiger partial charge in [-0.15, -0.1) is 0 Å². The molecule has 2 unspecified atom stereocenters. The molecule has 2 rings (SSSR count). The Balaban J connectivity index is 2.41. The molecule has 4 nitrogen and oxygen atoms in total. The predicted octanol–water partition coefficient (Wildman–Crippen LogP) is 2.34. The molecule has 1 aromatic rings. The summed E-state index contributed by atoms with van der Waals surface area (Å²) in [6, 6.07) is 4.41. The number of rotatable bonds is 4. The first-order chi connectivity index (χ1) is 11.9. The second kappa shape index (κ2) is 6.02. The zero-order chi connectivity index (χ0) is 19.8. The van der Waals surface area contributed by atoms with E-state index in [1.165, 1.54) is 19.2 Å². The minimum atomic E-state index is -2.81. The summed E-state index contributed by atoms with van der Waals surface area (Å²) in [5.74, 6) is -0.328. The quantitative estimate of drug-likeness (QED) is 0.891. The minimum absolute atomic E-state index is 0.0828. The van der Waals surface area contributed by atoms with E-state index >= 15 is 0 Å². The standard InChI is InChI=1S/C16H25NO3/c1-17(2)11-12-6-4-5-7-16(12,19)13-8-14(18)10-15(9-13)20-3/h8-10,12,18-19H,4-7,11H2,1-3H3/i1D3,2D3. The van der Waals surface area contributed by atoms with Crippen molar-refractivity contribution in [1.82, 2.24) is 4.90 Å². The van der Waals surface area contributed by atoms with E-state index in [0.29, 0.717) is 35.5 Å². The molecule has 0 aromatic heterocycles. The number of ether oxygens (including phenoxy) is 1. The van der Waals surface area contributed by atoms with Gasteiger partial charge in [0.05, 0.1) is 12.7 Å². The molecule has 0 heterocycles. The summed E-state index contributed by atoms with van der Waals surface area (Å²) in [5.41, 5.74) is -1.05. The van der Waals surface area contributed by atoms with Gasteiger partial charge in [-0.2, -0.15) is 0 Å². The lowest BCUT2D eigenvalue weighted by Gasteiger charge is -2.41. The van der Waals surface area contributed by atoms with E-state index in [2.05, 4.69) is 0 Å². The topological polar surface area (TPSA) is 52.9 Å². The van der Waals surface area contributed by atoms with E-state index in [4.69, 9.17) is 13.0 Å². The highest BCUT2D eigenvalue weighted by Gasteiger charge is 2.40. The molecular formula is C16H25NO3. The zero-order valence-electron chi connectivity index (χ0n) is 17.6. The number of methoxy groups -OCH3 is 1. The van der Waals surface area contributed by atoms with E-state index in [-0.39, 0.29) is 12.3 Å². The van der Waals surface area contributed by atoms with Crippen LogP contribution in [0.4, 0.5) is 0 Å². The molecule has 1 saturated carbocycles. The number of phenolic OH excluding ortho intramolecular Hbond substituents is 1. The van der Waals surface area contributed by atoms with Crippen LogP contribution in [-0.4, -0.2) is 42.7 Å². The van der Waals surface area contributed by atoms with Gasteiger partial charge < -0.3 is 19.8 Å². The summed E-state index contributed by atoms with van der Waals surface area (Å²) in [4.78, 5) is 0.487. The Morgan fingerprint density at radius 1 is 1.40 bits per heavy atom. The van der Waals surface area contributed by atoms with E-state index in [9.17, 15) is 10.2 Å². The largest absolute Gasteiger partial charge is 0.508 e. The fourth-order valence-electron chi connectivity index (χ4n) is 3.02. The Hall–Kier alpha value is -1.26. The molecule has 0 radical (unpaired) electrons. The van der Waals surface area contributed by atoms with Crippen molar-refractivity contribution in [1.29, 1.82) is 0 Å². The van der Waals surface area contributed by atoms with Crippen molar-refractivity contribution in [3.8, 4) is 11.5 Å². The Morgan fingerprint density at radius 2 is 2.20 bits per heavy atom. The molecule has 1 aromatic carbocycles. The van der Waals surface area contributed by atoms with Gasteiger partial charge in [0.15, 0.2) is 0 Å². The average Bonchev–Trinajstić information content (AvgIpc) is 2.51. The van der Waals surface area contributed by atoms with Crippen molar-refractivity contribution >= 4 is 0 Å². The highest BCUT2D eigenvalue weighted by atomic mass is 16.5. The van der Waals surface area contributed by atoms with Gasteiger partial charge in [0.1, 0.15) is 11.5 Å². The van der Waals surface area contributed by atoms with E-state index in [1.807, 2.05) is 0 Å². The Bertz CT molecular complexity index is 619. The molecule has 20 heavy (non-hydrogen) atoms. The smallest absolute Gasteiger partial charge is 0.122 e. The summed E-state index contributed by atoms with van der Waals surface area (Å²) in [5, 5.41) is 21.3. The molecular weight excluding hydrogens is 254 g/mol. The van der Waals surface area contributed by atoms with Crippen LogP contribution in [0.15, 0.2) is 18.2 Å². The highest BCUT2D eigenvalue weighted by molar-refractivity contribution is 5.40. The first-order valence-electron chi connectivity index (χ1n) is 9.76. The molecule has 1 aliphatic rings. The maximum atomic E-state index is 11.4. The summed E-state index contributed by atoms with van der Waals surface area (Å²) in [6.07, 6.45) is 2.31. The second-order valence-corrected chi connectivity index (χ2v) is 5.40. The van der Waals surface area contributed by atoms with E-state index in [1.54, 1.807) is 6.07 Å². The third kappa shape index (κ3) is 3.07. The number of aromatic hydroxyl groups is 1. The second-order valence-electron chi connectivity index (χ2n) is 5.40. The first-order valence-corrected chi connectivity index (χ1v) is 6.76. The lowest BCUT2D eigenvalue weighted by molar-refractivity contribution is -0.0620. The highest BCUT2D eigenvalue weighted by Crippen LogP contribution is 2.43. The van der Waals surface area contributed by atoms with Crippen LogP contribution >= 0.6 is 0 Å². The Kier molecular flexibility index (Phi) is 2.68. The van der Waals surface area contributed by atoms with Crippen LogP contribution in [-0.2, 0) is 5.60 Å². The maximum Gasteiger partial charge on any atom is 0.122 e. The van der Waals surface area contributed by atoms with Gasteiger partial charge in [-0.3, -0.25) is 0 Å². The average molecular weight is 285 g/mol. The fraction of sp³-hybridized carbons (Fsp3) is 0.625. The third-order valence-corrected chi connectivity index (χ3v) is 4.07. The van der Waals surface area contributed by atoms with Crippen molar-refractivity contribution in [3.05, 3.63) is 23.8 Å². The normalized spacial score (nSPS) is 32.5. The van der Waals surface area contributed by atoms with Gasteiger partial charge >= 0.3 is 0 Å². The molecule has 4 heteroatoms. The van der Waals surface area contributed by atoms with Gasteiger partial charge in [0.25, 0.3) is 0 Å². The molecule has 0 aliphatic heterocycles. The molecule has 2 N–H and O–H groups in total. The minimum Gasteiger partial charge on any atom is -0.508 e. The van der Waals surface area contributed by atoms with Crippen LogP contribution in [0.1, 0.15) is 39.5 Å². The van der Waals surface area contributed by atoms with Crippen molar-refractivity contribution in [3.63, 3.8) is 0 Å². The van der Waals surface area contributed by atoms with Gasteiger partial charge in [-0.25, -0.2) is 0 Å². The molecule has 2 atom stereocenters. The molecule has 1 aliphatic carbocycles. The number of nitrogens with zero attached hydrogens (tertiary/aromatic N) is 1. The van der Waals surface area contributed by atoms with Gasteiger partial charge in [-0.05, 0) is 44.5 Å². The maximum absolute atomic E-state index is 11.4. The monoisotopic (exact) mass is 285 g/mol. The molecule has 0 saturated heterocycles. The molecule has 0 spiro atoms. The number of benzene rings is 1. The van der Waals surface area contributed by atoms with Crippen LogP contribution < -0.4 is 4.74 Å². The van der Waals surface area contributed by atoms with Gasteiger partial charge in [0, 0.05) is 26.8 Å². The SMILES string of the molecule is [2H]C([2H])([2H])N(CC1CCCCC1(O)c1cc(O)cc(OC)c1)C([2H])([2H])[2H]. The first kappa shape index (κ1) is 8.90. The van der Waals surface area contributed by atoms with Crippen molar-refractivity contribution in [2.75, 3.05) is 27.6 Å². The molecule has 112 valence electrons. The number of phenols is 1. The molecule has 0 amide bonds. The van der Waals surface area contributed by atoms with Crippen LogP contribution in [0.25, 0.3) is 0 Å². The molecule has 0 bridgehead atoms. The summed E-state index contributed by atoms with van der Waals surface area (Å²) >= 11 is 0. The van der Waals surface area contributed by atoms with Crippen molar-refractivity contribution < 1.29 is 23.2 Å². The number of hydrogen-bond donors (Lipinski definition) is 2. The van der Waals surface area contributed by atoms with Crippen LogP contribution in [0.3, 0.4) is 0 Å². The fourth-order valence-corrected chi connectivity index (χ4v) is 3.02. The molecule has 1 fully saturated rings. The van der Waals surface area contributed by atoms with Crippen LogP contribution in [0.2, 0.25) is 0 Å². The number of hydrogen-bond acceptors (Lipinski definition) is 4. The lowest BCUT2D eigenvalue weighted by Crippen LogP contribution is -2.43. The van der Waals surface area contributed by atoms with Gasteiger partial charge in [0.2, 0.25) is 0 Å². The van der Waals surface area contributed by atoms with Crippen molar-refractivity contribution in [2.24, 2.45) is 5.92 Å². The number of aliphatic hydroxyl groups is 1. The predicted molar refractivity (Wildman–Crippen MR) is 79.1 cm³/mol. The Morgan fingerprint density at radius 3 is 2.90 bits per heavy atom.